The first kappa shape index (κ1) is 12.3. The largest absolute Gasteiger partial charge is 0.293 e. The summed E-state index contributed by atoms with van der Waals surface area (Å²) in [5.74, 6) is 0.533. The van der Waals surface area contributed by atoms with Crippen molar-refractivity contribution in [3.63, 3.8) is 0 Å². The summed E-state index contributed by atoms with van der Waals surface area (Å²) in [4.78, 5) is 22.4. The van der Waals surface area contributed by atoms with Gasteiger partial charge in [-0.05, 0) is 26.0 Å². The van der Waals surface area contributed by atoms with E-state index in [0.29, 0.717) is 10.9 Å². The van der Waals surface area contributed by atoms with Crippen molar-refractivity contribution in [1.82, 2.24) is 9.97 Å². The van der Waals surface area contributed by atoms with Crippen molar-refractivity contribution in [2.24, 2.45) is 0 Å². The molecule has 0 aliphatic carbocycles. The molecule has 0 saturated heterocycles. The molecule has 0 saturated carbocycles. The third-order valence-electron chi connectivity index (χ3n) is 2.22. The minimum atomic E-state index is 0.143. The summed E-state index contributed by atoms with van der Waals surface area (Å²) in [6, 6.07) is 3.72. The van der Waals surface area contributed by atoms with Crippen molar-refractivity contribution in [3.05, 3.63) is 39.8 Å². The second-order valence-corrected chi connectivity index (χ2v) is 5.97. The Kier molecular flexibility index (Phi) is 3.91. The average molecular weight is 264 g/mol. The zero-order valence-corrected chi connectivity index (χ0v) is 11.3. The third kappa shape index (κ3) is 3.14. The number of Topliss-reactive ketones (excluding diaryl/α,β-unsaturated/α-hetero) is 1. The van der Waals surface area contributed by atoms with Crippen LogP contribution in [0.15, 0.2) is 29.7 Å². The van der Waals surface area contributed by atoms with Crippen molar-refractivity contribution in [3.8, 4) is 0 Å². The molecule has 0 bridgehead atoms. The molecule has 5 heteroatoms. The van der Waals surface area contributed by atoms with Crippen molar-refractivity contribution >= 4 is 28.9 Å². The quantitative estimate of drug-likeness (QED) is 0.483. The minimum Gasteiger partial charge on any atom is -0.293 e. The Bertz CT molecular complexity index is 523. The molecule has 0 aromatic carbocycles. The van der Waals surface area contributed by atoms with Gasteiger partial charge in [-0.3, -0.25) is 4.79 Å². The van der Waals surface area contributed by atoms with Crippen molar-refractivity contribution in [2.75, 3.05) is 5.75 Å². The monoisotopic (exact) mass is 264 g/mol. The van der Waals surface area contributed by atoms with E-state index in [2.05, 4.69) is 9.97 Å². The molecule has 2 heterocycles. The molecule has 0 aliphatic heterocycles. The average Bonchev–Trinajstić information content (AvgIpc) is 2.67. The van der Waals surface area contributed by atoms with Gasteiger partial charge in [-0.15, -0.1) is 11.3 Å². The fraction of sp³-hybridized carbons (Fsp3) is 0.250. The number of carbonyl (C=O) groups is 1. The lowest BCUT2D eigenvalue weighted by Gasteiger charge is -1.99. The summed E-state index contributed by atoms with van der Waals surface area (Å²) >= 11 is 3.03. The molecule has 88 valence electrons. The maximum atomic E-state index is 12.0. The molecular formula is C12H12N2OS2. The molecule has 2 aromatic rings. The van der Waals surface area contributed by atoms with Crippen LogP contribution in [-0.4, -0.2) is 21.5 Å². The van der Waals surface area contributed by atoms with Gasteiger partial charge in [0, 0.05) is 27.7 Å². The molecule has 0 amide bonds. The predicted octanol–water partition coefficient (Wildman–Crippen LogP) is 3.13. The van der Waals surface area contributed by atoms with Gasteiger partial charge in [0.1, 0.15) is 0 Å². The topological polar surface area (TPSA) is 42.9 Å². The molecule has 17 heavy (non-hydrogen) atoms. The summed E-state index contributed by atoms with van der Waals surface area (Å²) in [6.45, 7) is 4.00. The van der Waals surface area contributed by atoms with Crippen LogP contribution < -0.4 is 0 Å². The van der Waals surface area contributed by atoms with E-state index in [1.807, 2.05) is 19.9 Å². The first-order valence-corrected chi connectivity index (χ1v) is 6.97. The number of hydrogen-bond donors (Lipinski definition) is 0. The predicted molar refractivity (Wildman–Crippen MR) is 70.9 cm³/mol. The number of hydrogen-bond acceptors (Lipinski definition) is 5. The van der Waals surface area contributed by atoms with Gasteiger partial charge in [0.15, 0.2) is 10.9 Å². The second-order valence-electron chi connectivity index (χ2n) is 3.57. The van der Waals surface area contributed by atoms with E-state index < -0.39 is 0 Å². The molecule has 2 rings (SSSR count). The number of ketones is 1. The SMILES string of the molecule is Cc1cc(C(=O)CSc2ncccn2)c(C)s1. The van der Waals surface area contributed by atoms with Gasteiger partial charge in [-0.2, -0.15) is 0 Å². The van der Waals surface area contributed by atoms with Gasteiger partial charge in [0.05, 0.1) is 5.75 Å². The van der Waals surface area contributed by atoms with Gasteiger partial charge < -0.3 is 0 Å². The molecule has 0 unspecified atom stereocenters. The highest BCUT2D eigenvalue weighted by molar-refractivity contribution is 7.99. The summed E-state index contributed by atoms with van der Waals surface area (Å²) in [5, 5.41) is 0.644. The van der Waals surface area contributed by atoms with E-state index in [9.17, 15) is 4.79 Å². The third-order valence-corrected chi connectivity index (χ3v) is 4.06. The number of thiophene rings is 1. The minimum absolute atomic E-state index is 0.143. The lowest BCUT2D eigenvalue weighted by molar-refractivity contribution is 0.102. The molecule has 0 spiro atoms. The van der Waals surface area contributed by atoms with Crippen LogP contribution in [0.5, 0.6) is 0 Å². The zero-order valence-electron chi connectivity index (χ0n) is 9.64. The molecule has 0 atom stereocenters. The molecule has 0 radical (unpaired) electrons. The molecule has 0 N–H and O–H groups in total. The van der Waals surface area contributed by atoms with Crippen molar-refractivity contribution in [1.29, 1.82) is 0 Å². The molecule has 3 nitrogen and oxygen atoms in total. The number of aromatic nitrogens is 2. The Morgan fingerprint density at radius 2 is 2.06 bits per heavy atom. The molecule has 0 aliphatic rings. The fourth-order valence-corrected chi connectivity index (χ4v) is 3.10. The van der Waals surface area contributed by atoms with Crippen LogP contribution in [0.25, 0.3) is 0 Å². The Morgan fingerprint density at radius 3 is 2.65 bits per heavy atom. The fourth-order valence-electron chi connectivity index (χ4n) is 1.48. The first-order chi connectivity index (χ1) is 8.16. The maximum Gasteiger partial charge on any atom is 0.187 e. The summed E-state index contributed by atoms with van der Waals surface area (Å²) in [6.07, 6.45) is 3.36. The summed E-state index contributed by atoms with van der Waals surface area (Å²) < 4.78 is 0. The second kappa shape index (κ2) is 5.42. The highest BCUT2D eigenvalue weighted by atomic mass is 32.2. The van der Waals surface area contributed by atoms with Crippen LogP contribution in [0.4, 0.5) is 0 Å². The van der Waals surface area contributed by atoms with Gasteiger partial charge >= 0.3 is 0 Å². The Balaban J connectivity index is 2.01. The van der Waals surface area contributed by atoms with Gasteiger partial charge in [-0.25, -0.2) is 9.97 Å². The lowest BCUT2D eigenvalue weighted by Crippen LogP contribution is -2.03. The Morgan fingerprint density at radius 1 is 1.35 bits per heavy atom. The van der Waals surface area contributed by atoms with Gasteiger partial charge in [-0.1, -0.05) is 11.8 Å². The maximum absolute atomic E-state index is 12.0. The van der Waals surface area contributed by atoms with Crippen LogP contribution in [0.2, 0.25) is 0 Å². The zero-order chi connectivity index (χ0) is 12.3. The highest BCUT2D eigenvalue weighted by Crippen LogP contribution is 2.23. The highest BCUT2D eigenvalue weighted by Gasteiger charge is 2.12. The van der Waals surface area contributed by atoms with E-state index in [-0.39, 0.29) is 5.78 Å². The van der Waals surface area contributed by atoms with E-state index in [0.717, 1.165) is 10.4 Å². The number of thioether (sulfide) groups is 1. The smallest absolute Gasteiger partial charge is 0.187 e. The van der Waals surface area contributed by atoms with E-state index in [1.165, 1.54) is 16.6 Å². The number of rotatable bonds is 4. The normalized spacial score (nSPS) is 10.5. The van der Waals surface area contributed by atoms with Gasteiger partial charge in [0.25, 0.3) is 0 Å². The number of nitrogens with zero attached hydrogens (tertiary/aromatic N) is 2. The van der Waals surface area contributed by atoms with E-state index >= 15 is 0 Å². The lowest BCUT2D eigenvalue weighted by atomic mass is 10.2. The van der Waals surface area contributed by atoms with Crippen molar-refractivity contribution < 1.29 is 4.79 Å². The summed E-state index contributed by atoms with van der Waals surface area (Å²) in [7, 11) is 0. The van der Waals surface area contributed by atoms with Crippen LogP contribution in [0, 0.1) is 13.8 Å². The van der Waals surface area contributed by atoms with E-state index in [4.69, 9.17) is 0 Å². The molecular weight excluding hydrogens is 252 g/mol. The Labute approximate surface area is 108 Å². The number of aryl methyl sites for hydroxylation is 2. The van der Waals surface area contributed by atoms with Gasteiger partial charge in [0.2, 0.25) is 0 Å². The van der Waals surface area contributed by atoms with Crippen LogP contribution >= 0.6 is 23.1 Å². The Hall–Kier alpha value is -1.20. The van der Waals surface area contributed by atoms with Crippen LogP contribution in [0.3, 0.4) is 0 Å². The molecule has 0 fully saturated rings. The van der Waals surface area contributed by atoms with Crippen LogP contribution in [0.1, 0.15) is 20.1 Å². The van der Waals surface area contributed by atoms with Crippen molar-refractivity contribution in [2.45, 2.75) is 19.0 Å². The van der Waals surface area contributed by atoms with E-state index in [1.54, 1.807) is 29.8 Å². The first-order valence-electron chi connectivity index (χ1n) is 5.17. The standard InChI is InChI=1S/C12H12N2OS2/c1-8-6-10(9(2)17-8)11(15)7-16-12-13-4-3-5-14-12/h3-6H,7H2,1-2H3. The molecule has 2 aromatic heterocycles. The van der Waals surface area contributed by atoms with Crippen LogP contribution in [-0.2, 0) is 0 Å². The number of carbonyl (C=O) groups excluding carboxylic acids is 1. The summed E-state index contributed by atoms with van der Waals surface area (Å²) in [5.41, 5.74) is 0.830.